The third kappa shape index (κ3) is 2.73. The van der Waals surface area contributed by atoms with Crippen molar-refractivity contribution < 1.29 is 0 Å². The summed E-state index contributed by atoms with van der Waals surface area (Å²) in [5, 5.41) is 3.52. The molecule has 3 atom stereocenters. The topological polar surface area (TPSA) is 37.8 Å². The Morgan fingerprint density at radius 2 is 2.12 bits per heavy atom. The molecule has 1 aromatic rings. The van der Waals surface area contributed by atoms with Gasteiger partial charge in [-0.3, -0.25) is 0 Å². The fourth-order valence-electron chi connectivity index (χ4n) is 2.39. The first-order valence-electron chi connectivity index (χ1n) is 5.91. The summed E-state index contributed by atoms with van der Waals surface area (Å²) in [6.07, 6.45) is 5.50. The van der Waals surface area contributed by atoms with Crippen LogP contribution < -0.4 is 5.32 Å². The molecule has 16 heavy (non-hydrogen) atoms. The van der Waals surface area contributed by atoms with Crippen molar-refractivity contribution in [3.05, 3.63) is 17.0 Å². The summed E-state index contributed by atoms with van der Waals surface area (Å²) in [4.78, 5) is 8.27. The van der Waals surface area contributed by atoms with Gasteiger partial charge in [0.1, 0.15) is 16.7 Å². The Labute approximate surface area is 105 Å². The van der Waals surface area contributed by atoms with Crippen LogP contribution >= 0.6 is 15.9 Å². The Balaban J connectivity index is 2.03. The van der Waals surface area contributed by atoms with Gasteiger partial charge in [-0.1, -0.05) is 26.7 Å². The minimum Gasteiger partial charge on any atom is -0.367 e. The lowest BCUT2D eigenvalue weighted by molar-refractivity contribution is 0.253. The normalized spacial score (nSPS) is 30.1. The molecule has 1 N–H and O–H groups in total. The van der Waals surface area contributed by atoms with Crippen molar-refractivity contribution in [1.82, 2.24) is 9.97 Å². The SMILES string of the molecule is CC1CCCC(Nc2cc(Br)ncn2)C1C. The molecule has 4 heteroatoms. The summed E-state index contributed by atoms with van der Waals surface area (Å²) in [6, 6.07) is 2.48. The van der Waals surface area contributed by atoms with Crippen molar-refractivity contribution in [2.45, 2.75) is 39.2 Å². The summed E-state index contributed by atoms with van der Waals surface area (Å²) in [6.45, 7) is 4.67. The molecule has 0 spiro atoms. The van der Waals surface area contributed by atoms with Crippen LogP contribution in [0.4, 0.5) is 5.82 Å². The molecule has 0 radical (unpaired) electrons. The van der Waals surface area contributed by atoms with E-state index in [0.29, 0.717) is 12.0 Å². The number of halogens is 1. The third-order valence-corrected chi connectivity index (χ3v) is 4.11. The summed E-state index contributed by atoms with van der Waals surface area (Å²) in [5.41, 5.74) is 0. The fourth-order valence-corrected chi connectivity index (χ4v) is 2.70. The summed E-state index contributed by atoms with van der Waals surface area (Å²) in [5.74, 6) is 2.44. The number of nitrogens with zero attached hydrogens (tertiary/aromatic N) is 2. The van der Waals surface area contributed by atoms with E-state index in [1.165, 1.54) is 19.3 Å². The van der Waals surface area contributed by atoms with Crippen LogP contribution in [0.15, 0.2) is 17.0 Å². The monoisotopic (exact) mass is 283 g/mol. The lowest BCUT2D eigenvalue weighted by Crippen LogP contribution is -2.35. The van der Waals surface area contributed by atoms with Gasteiger partial charge in [-0.15, -0.1) is 0 Å². The molecule has 3 unspecified atom stereocenters. The van der Waals surface area contributed by atoms with E-state index in [-0.39, 0.29) is 0 Å². The van der Waals surface area contributed by atoms with E-state index in [0.717, 1.165) is 16.3 Å². The fraction of sp³-hybridized carbons (Fsp3) is 0.667. The van der Waals surface area contributed by atoms with Crippen molar-refractivity contribution in [3.63, 3.8) is 0 Å². The summed E-state index contributed by atoms with van der Waals surface area (Å²) in [7, 11) is 0. The van der Waals surface area contributed by atoms with Gasteiger partial charge in [0.15, 0.2) is 0 Å². The van der Waals surface area contributed by atoms with Gasteiger partial charge >= 0.3 is 0 Å². The number of rotatable bonds is 2. The average molecular weight is 284 g/mol. The summed E-state index contributed by atoms with van der Waals surface area (Å²) >= 11 is 3.36. The Hall–Kier alpha value is -0.640. The highest BCUT2D eigenvalue weighted by Crippen LogP contribution is 2.31. The second-order valence-electron chi connectivity index (χ2n) is 4.74. The maximum Gasteiger partial charge on any atom is 0.130 e. The van der Waals surface area contributed by atoms with Crippen molar-refractivity contribution in [2.75, 3.05) is 5.32 Å². The molecular formula is C12H18BrN3. The third-order valence-electron chi connectivity index (χ3n) is 3.67. The Kier molecular flexibility index (Phi) is 3.79. The zero-order valence-electron chi connectivity index (χ0n) is 9.78. The minimum atomic E-state index is 0.547. The molecule has 1 heterocycles. The molecule has 88 valence electrons. The first-order valence-corrected chi connectivity index (χ1v) is 6.70. The molecule has 3 nitrogen and oxygen atoms in total. The maximum atomic E-state index is 4.24. The van der Waals surface area contributed by atoms with E-state index in [1.54, 1.807) is 6.33 Å². The molecule has 0 saturated heterocycles. The molecule has 1 aliphatic carbocycles. The van der Waals surface area contributed by atoms with Gasteiger partial charge in [0, 0.05) is 12.1 Å². The molecule has 1 saturated carbocycles. The first-order chi connectivity index (χ1) is 7.66. The number of hydrogen-bond donors (Lipinski definition) is 1. The molecule has 0 aliphatic heterocycles. The highest BCUT2D eigenvalue weighted by Gasteiger charge is 2.26. The molecule has 2 rings (SSSR count). The predicted octanol–water partition coefficient (Wildman–Crippen LogP) is 3.48. The Morgan fingerprint density at radius 1 is 1.31 bits per heavy atom. The van der Waals surface area contributed by atoms with Gasteiger partial charge in [0.25, 0.3) is 0 Å². The number of anilines is 1. The molecule has 0 aromatic carbocycles. The molecular weight excluding hydrogens is 266 g/mol. The Bertz CT molecular complexity index is 356. The number of aromatic nitrogens is 2. The molecule has 1 aromatic heterocycles. The van der Waals surface area contributed by atoms with Crippen LogP contribution in [0.2, 0.25) is 0 Å². The van der Waals surface area contributed by atoms with Gasteiger partial charge < -0.3 is 5.32 Å². The van der Waals surface area contributed by atoms with Crippen molar-refractivity contribution in [2.24, 2.45) is 11.8 Å². The van der Waals surface area contributed by atoms with Gasteiger partial charge in [-0.05, 0) is 34.2 Å². The molecule has 1 fully saturated rings. The second-order valence-corrected chi connectivity index (χ2v) is 5.56. The molecule has 0 amide bonds. The quantitative estimate of drug-likeness (QED) is 0.845. The van der Waals surface area contributed by atoms with E-state index in [1.807, 2.05) is 6.07 Å². The van der Waals surface area contributed by atoms with Crippen LogP contribution in [-0.4, -0.2) is 16.0 Å². The maximum absolute atomic E-state index is 4.24. The average Bonchev–Trinajstić information content (AvgIpc) is 2.25. The smallest absolute Gasteiger partial charge is 0.130 e. The van der Waals surface area contributed by atoms with Gasteiger partial charge in [0.05, 0.1) is 0 Å². The zero-order valence-corrected chi connectivity index (χ0v) is 11.4. The minimum absolute atomic E-state index is 0.547. The lowest BCUT2D eigenvalue weighted by atomic mass is 9.78. The van der Waals surface area contributed by atoms with Crippen LogP contribution in [0.1, 0.15) is 33.1 Å². The van der Waals surface area contributed by atoms with Gasteiger partial charge in [0.2, 0.25) is 0 Å². The second kappa shape index (κ2) is 5.13. The van der Waals surface area contributed by atoms with Crippen molar-refractivity contribution in [1.29, 1.82) is 0 Å². The van der Waals surface area contributed by atoms with Crippen LogP contribution in [0.3, 0.4) is 0 Å². The number of nitrogens with one attached hydrogen (secondary N) is 1. The van der Waals surface area contributed by atoms with E-state index in [9.17, 15) is 0 Å². The van der Waals surface area contributed by atoms with E-state index in [2.05, 4.69) is 45.1 Å². The molecule has 0 bridgehead atoms. The largest absolute Gasteiger partial charge is 0.367 e. The highest BCUT2D eigenvalue weighted by molar-refractivity contribution is 9.10. The number of hydrogen-bond acceptors (Lipinski definition) is 3. The standard InChI is InChI=1S/C12H18BrN3/c1-8-4-3-5-10(9(8)2)16-12-6-11(13)14-7-15-12/h6-10H,3-5H2,1-2H3,(H,14,15,16). The molecule has 1 aliphatic rings. The van der Waals surface area contributed by atoms with Crippen LogP contribution in [0.5, 0.6) is 0 Å². The lowest BCUT2D eigenvalue weighted by Gasteiger charge is -2.34. The van der Waals surface area contributed by atoms with Crippen LogP contribution in [0.25, 0.3) is 0 Å². The zero-order chi connectivity index (χ0) is 11.5. The van der Waals surface area contributed by atoms with E-state index >= 15 is 0 Å². The highest BCUT2D eigenvalue weighted by atomic mass is 79.9. The van der Waals surface area contributed by atoms with Crippen LogP contribution in [0, 0.1) is 11.8 Å². The van der Waals surface area contributed by atoms with Crippen molar-refractivity contribution >= 4 is 21.7 Å². The predicted molar refractivity (Wildman–Crippen MR) is 69.3 cm³/mol. The van der Waals surface area contributed by atoms with Crippen molar-refractivity contribution in [3.8, 4) is 0 Å². The van der Waals surface area contributed by atoms with E-state index < -0.39 is 0 Å². The first kappa shape index (κ1) is 11.8. The van der Waals surface area contributed by atoms with Gasteiger partial charge in [-0.2, -0.15) is 0 Å². The van der Waals surface area contributed by atoms with Crippen LogP contribution in [-0.2, 0) is 0 Å². The van der Waals surface area contributed by atoms with E-state index in [4.69, 9.17) is 0 Å². The summed E-state index contributed by atoms with van der Waals surface area (Å²) < 4.78 is 0.835. The van der Waals surface area contributed by atoms with Gasteiger partial charge in [-0.25, -0.2) is 9.97 Å². The Morgan fingerprint density at radius 3 is 2.88 bits per heavy atom.